The van der Waals surface area contributed by atoms with Crippen molar-refractivity contribution in [3.63, 3.8) is 0 Å². The number of halogens is 2. The van der Waals surface area contributed by atoms with E-state index < -0.39 is 18.4 Å². The van der Waals surface area contributed by atoms with Crippen LogP contribution in [0.1, 0.15) is 42.5 Å². The number of benzene rings is 2. The van der Waals surface area contributed by atoms with Crippen molar-refractivity contribution in [2.24, 2.45) is 11.1 Å². The van der Waals surface area contributed by atoms with E-state index in [4.69, 9.17) is 5.73 Å². The lowest BCUT2D eigenvalue weighted by Crippen LogP contribution is -2.44. The number of aromatic amines is 1. The number of hydrogen-bond donors (Lipinski definition) is 2. The van der Waals surface area contributed by atoms with Gasteiger partial charge in [0, 0.05) is 31.0 Å². The quantitative estimate of drug-likeness (QED) is 0.380. The largest absolute Gasteiger partial charge is 0.342 e. The van der Waals surface area contributed by atoms with E-state index in [0.29, 0.717) is 27.2 Å². The van der Waals surface area contributed by atoms with Gasteiger partial charge in [-0.1, -0.05) is 42.1 Å². The summed E-state index contributed by atoms with van der Waals surface area (Å²) in [5.41, 5.74) is 10.5. The maximum Gasteiger partial charge on any atom is 0.293 e. The number of hydrogen-bond acceptors (Lipinski definition) is 7. The maximum atomic E-state index is 14.9. The SMILES string of the molecule is CC(=O)N1CC(F)(F)c2c(Sc3cnc4nc(N5CCC6(CC5)Cc5ccccc5[C@H]6N)[nH]c4n3)cccc21. The summed E-state index contributed by atoms with van der Waals surface area (Å²) in [6.45, 7) is 2.28. The molecule has 1 atom stereocenters. The smallest absolute Gasteiger partial charge is 0.293 e. The van der Waals surface area contributed by atoms with Crippen molar-refractivity contribution >= 4 is 40.6 Å². The zero-order chi connectivity index (χ0) is 26.9. The lowest BCUT2D eigenvalue weighted by atomic mass is 9.73. The number of nitrogens with one attached hydrogen (secondary N) is 1. The second-order valence-electron chi connectivity index (χ2n) is 10.7. The van der Waals surface area contributed by atoms with E-state index in [0.717, 1.165) is 49.0 Å². The van der Waals surface area contributed by atoms with Crippen LogP contribution in [0.5, 0.6) is 0 Å². The third-order valence-electron chi connectivity index (χ3n) is 8.44. The number of amides is 1. The van der Waals surface area contributed by atoms with Crippen molar-refractivity contribution in [1.82, 2.24) is 19.9 Å². The van der Waals surface area contributed by atoms with Gasteiger partial charge in [-0.3, -0.25) is 4.79 Å². The lowest BCUT2D eigenvalue weighted by Gasteiger charge is -2.42. The number of fused-ring (bicyclic) bond motifs is 3. The second-order valence-corrected chi connectivity index (χ2v) is 11.8. The van der Waals surface area contributed by atoms with Crippen molar-refractivity contribution in [2.45, 2.75) is 48.1 Å². The zero-order valence-electron chi connectivity index (χ0n) is 21.3. The van der Waals surface area contributed by atoms with Gasteiger partial charge in [-0.2, -0.15) is 13.8 Å². The summed E-state index contributed by atoms with van der Waals surface area (Å²) in [6, 6.07) is 13.4. The summed E-state index contributed by atoms with van der Waals surface area (Å²) < 4.78 is 29.8. The van der Waals surface area contributed by atoms with Gasteiger partial charge in [-0.05, 0) is 47.9 Å². The van der Waals surface area contributed by atoms with Crippen molar-refractivity contribution in [3.8, 4) is 0 Å². The highest BCUT2D eigenvalue weighted by atomic mass is 32.2. The Balaban J connectivity index is 1.11. The van der Waals surface area contributed by atoms with Crippen LogP contribution in [0, 0.1) is 5.41 Å². The average Bonchev–Trinajstić information content (AvgIpc) is 3.55. The van der Waals surface area contributed by atoms with Gasteiger partial charge in [0.15, 0.2) is 11.3 Å². The van der Waals surface area contributed by atoms with Gasteiger partial charge in [-0.25, -0.2) is 9.97 Å². The molecule has 11 heteroatoms. The highest BCUT2D eigenvalue weighted by molar-refractivity contribution is 7.99. The molecule has 0 radical (unpaired) electrons. The van der Waals surface area contributed by atoms with E-state index in [-0.39, 0.29) is 22.7 Å². The van der Waals surface area contributed by atoms with Gasteiger partial charge in [0.1, 0.15) is 5.03 Å². The van der Waals surface area contributed by atoms with E-state index in [1.54, 1.807) is 24.4 Å². The molecule has 1 saturated heterocycles. The van der Waals surface area contributed by atoms with Crippen molar-refractivity contribution in [3.05, 3.63) is 65.4 Å². The molecule has 2 aliphatic heterocycles. The summed E-state index contributed by atoms with van der Waals surface area (Å²) in [4.78, 5) is 32.6. The summed E-state index contributed by atoms with van der Waals surface area (Å²) in [7, 11) is 0. The van der Waals surface area contributed by atoms with Crippen LogP contribution in [0.25, 0.3) is 11.3 Å². The first-order valence-electron chi connectivity index (χ1n) is 13.0. The molecule has 7 rings (SSSR count). The molecule has 0 bridgehead atoms. The van der Waals surface area contributed by atoms with Crippen LogP contribution >= 0.6 is 11.8 Å². The molecule has 4 aromatic rings. The Bertz CT molecular complexity index is 1610. The van der Waals surface area contributed by atoms with E-state index in [1.165, 1.54) is 18.1 Å². The van der Waals surface area contributed by atoms with Crippen molar-refractivity contribution in [1.29, 1.82) is 0 Å². The van der Waals surface area contributed by atoms with Gasteiger partial charge in [-0.15, -0.1) is 0 Å². The molecule has 1 fully saturated rings. The molecule has 2 aromatic heterocycles. The van der Waals surface area contributed by atoms with Crippen LogP contribution in [0.4, 0.5) is 20.4 Å². The fraction of sp³-hybridized carbons (Fsp3) is 0.357. The molecule has 1 amide bonds. The number of nitrogens with zero attached hydrogens (tertiary/aromatic N) is 5. The normalized spacial score (nSPS) is 21.0. The predicted octanol–water partition coefficient (Wildman–Crippen LogP) is 4.81. The Morgan fingerprint density at radius 2 is 1.92 bits per heavy atom. The zero-order valence-corrected chi connectivity index (χ0v) is 22.1. The van der Waals surface area contributed by atoms with Crippen LogP contribution in [0.15, 0.2) is 58.6 Å². The molecule has 2 aromatic carbocycles. The summed E-state index contributed by atoms with van der Waals surface area (Å²) in [5.74, 6) is -2.85. The van der Waals surface area contributed by atoms with E-state index in [2.05, 4.69) is 49.1 Å². The summed E-state index contributed by atoms with van der Waals surface area (Å²) >= 11 is 1.11. The Kier molecular flexibility index (Phi) is 5.47. The summed E-state index contributed by atoms with van der Waals surface area (Å²) in [5, 5.41) is 0.468. The average molecular weight is 548 g/mol. The predicted molar refractivity (Wildman–Crippen MR) is 145 cm³/mol. The van der Waals surface area contributed by atoms with Gasteiger partial charge in [0.2, 0.25) is 11.9 Å². The number of carbonyl (C=O) groups excluding carboxylic acids is 1. The minimum absolute atomic E-state index is 0.0452. The number of anilines is 2. The van der Waals surface area contributed by atoms with Crippen LogP contribution in [-0.4, -0.2) is 45.5 Å². The van der Waals surface area contributed by atoms with Crippen LogP contribution < -0.4 is 15.5 Å². The highest BCUT2D eigenvalue weighted by Crippen LogP contribution is 2.51. The molecular weight excluding hydrogens is 520 g/mol. The molecule has 4 heterocycles. The molecule has 3 aliphatic rings. The minimum atomic E-state index is -3.14. The first-order chi connectivity index (χ1) is 18.7. The molecule has 1 spiro atoms. The standard InChI is InChI=1S/C28H27F2N7OS/c1-16(38)37-15-28(29,30)22-19(37)7-4-8-20(22)39-21-14-32-24-25(33-21)35-26(34-24)36-11-9-27(10-12-36)13-17-5-2-3-6-18(17)23(27)31/h2-8,14,23H,9-13,15,31H2,1H3,(H,32,33,34,35)/t23-/m1/s1. The number of nitrogens with two attached hydrogens (primary N) is 1. The first kappa shape index (κ1) is 24.5. The monoisotopic (exact) mass is 547 g/mol. The van der Waals surface area contributed by atoms with Crippen LogP contribution in [0.3, 0.4) is 0 Å². The van der Waals surface area contributed by atoms with Gasteiger partial charge in [0.25, 0.3) is 5.92 Å². The number of rotatable bonds is 3. The van der Waals surface area contributed by atoms with E-state index in [9.17, 15) is 13.6 Å². The Labute approximate surface area is 228 Å². The molecule has 0 unspecified atom stereocenters. The van der Waals surface area contributed by atoms with E-state index >= 15 is 0 Å². The highest BCUT2D eigenvalue weighted by Gasteiger charge is 2.47. The van der Waals surface area contributed by atoms with E-state index in [1.807, 2.05) is 0 Å². The summed E-state index contributed by atoms with van der Waals surface area (Å²) in [6.07, 6.45) is 4.49. The number of alkyl halides is 2. The van der Waals surface area contributed by atoms with Crippen molar-refractivity contribution < 1.29 is 13.6 Å². The van der Waals surface area contributed by atoms with Gasteiger partial charge in [0.05, 0.1) is 24.0 Å². The van der Waals surface area contributed by atoms with Crippen LogP contribution in [0.2, 0.25) is 0 Å². The third kappa shape index (κ3) is 3.89. The Hall–Kier alpha value is -3.57. The molecule has 8 nitrogen and oxygen atoms in total. The van der Waals surface area contributed by atoms with Crippen molar-refractivity contribution in [2.75, 3.05) is 29.4 Å². The number of carbonyl (C=O) groups is 1. The molecule has 3 N–H and O–H groups in total. The fourth-order valence-corrected chi connectivity index (χ4v) is 7.36. The van der Waals surface area contributed by atoms with Gasteiger partial charge < -0.3 is 20.5 Å². The molecule has 1 aliphatic carbocycles. The Morgan fingerprint density at radius 3 is 2.69 bits per heavy atom. The molecule has 39 heavy (non-hydrogen) atoms. The molecular formula is C28H27F2N7OS. The number of H-pyrrole nitrogens is 1. The number of imidazole rings is 1. The fourth-order valence-electron chi connectivity index (χ4n) is 6.39. The number of piperidine rings is 1. The Morgan fingerprint density at radius 1 is 1.13 bits per heavy atom. The lowest BCUT2D eigenvalue weighted by molar-refractivity contribution is -0.117. The molecule has 200 valence electrons. The third-order valence-corrected chi connectivity index (χ3v) is 9.40. The maximum absolute atomic E-state index is 14.9. The molecule has 0 saturated carbocycles. The second kappa shape index (κ2) is 8.72. The van der Waals surface area contributed by atoms with Gasteiger partial charge >= 0.3 is 0 Å². The number of aromatic nitrogens is 4. The first-order valence-corrected chi connectivity index (χ1v) is 13.8. The van der Waals surface area contributed by atoms with Crippen LogP contribution in [-0.2, 0) is 17.1 Å². The minimum Gasteiger partial charge on any atom is -0.342 e. The topological polar surface area (TPSA) is 104 Å².